The number of nitrogens with one attached hydrogen (secondary N) is 2. The second-order valence-electron chi connectivity index (χ2n) is 3.30. The van der Waals surface area contributed by atoms with Crippen molar-refractivity contribution in [3.63, 3.8) is 0 Å². The topological polar surface area (TPSA) is 77.4 Å². The van der Waals surface area contributed by atoms with Crippen molar-refractivity contribution in [2.24, 2.45) is 0 Å². The average molecular weight is 312 g/mol. The molecule has 0 saturated heterocycles. The molecule has 0 radical (unpaired) electrons. The highest BCUT2D eigenvalue weighted by Crippen LogP contribution is 2.21. The Hall–Kier alpha value is -1.39. The summed E-state index contributed by atoms with van der Waals surface area (Å²) in [4.78, 5) is 5.54. The predicted octanol–water partition coefficient (Wildman–Crippen LogP) is 2.67. The minimum Gasteiger partial charge on any atom is -0.361 e. The summed E-state index contributed by atoms with van der Waals surface area (Å²) in [7, 11) is 0. The average Bonchev–Trinajstić information content (AvgIpc) is 2.92. The van der Waals surface area contributed by atoms with Crippen molar-refractivity contribution in [2.75, 3.05) is 5.32 Å². The summed E-state index contributed by atoms with van der Waals surface area (Å²) in [6, 6.07) is 2.08. The van der Waals surface area contributed by atoms with Crippen LogP contribution in [0.15, 0.2) is 10.8 Å². The molecule has 7 heteroatoms. The SMILES string of the molecule is CCc1cnc(CNc2n[nH]c(Br)c2C#N)s1. The number of hydrogen-bond donors (Lipinski definition) is 2. The molecule has 5 nitrogen and oxygen atoms in total. The van der Waals surface area contributed by atoms with E-state index in [-0.39, 0.29) is 0 Å². The maximum atomic E-state index is 8.93. The Bertz CT molecular complexity index is 553. The van der Waals surface area contributed by atoms with Gasteiger partial charge in [0.1, 0.15) is 21.2 Å². The maximum absolute atomic E-state index is 8.93. The first-order valence-corrected chi connectivity index (χ1v) is 6.67. The molecule has 0 aromatic carbocycles. The van der Waals surface area contributed by atoms with E-state index in [1.165, 1.54) is 4.88 Å². The highest BCUT2D eigenvalue weighted by atomic mass is 79.9. The van der Waals surface area contributed by atoms with Crippen molar-refractivity contribution in [3.8, 4) is 6.07 Å². The zero-order chi connectivity index (χ0) is 12.3. The third-order valence-corrected chi connectivity index (χ3v) is 3.91. The number of nitrogens with zero attached hydrogens (tertiary/aromatic N) is 3. The molecule has 0 spiro atoms. The minimum atomic E-state index is 0.484. The van der Waals surface area contributed by atoms with E-state index in [9.17, 15) is 0 Å². The predicted molar refractivity (Wildman–Crippen MR) is 69.8 cm³/mol. The van der Waals surface area contributed by atoms with Crippen LogP contribution in [-0.4, -0.2) is 15.2 Å². The number of aromatic amines is 1. The van der Waals surface area contributed by atoms with E-state index in [1.807, 2.05) is 6.20 Å². The second-order valence-corrected chi connectivity index (χ2v) is 5.29. The van der Waals surface area contributed by atoms with Crippen LogP contribution in [0.5, 0.6) is 0 Å². The van der Waals surface area contributed by atoms with Crippen molar-refractivity contribution in [1.82, 2.24) is 15.2 Å². The highest BCUT2D eigenvalue weighted by Gasteiger charge is 2.10. The summed E-state index contributed by atoms with van der Waals surface area (Å²) in [5.74, 6) is 0.549. The van der Waals surface area contributed by atoms with E-state index in [2.05, 4.69) is 49.4 Å². The lowest BCUT2D eigenvalue weighted by atomic mass is 10.3. The van der Waals surface area contributed by atoms with Gasteiger partial charge in [0.05, 0.1) is 6.54 Å². The Labute approximate surface area is 111 Å². The summed E-state index contributed by atoms with van der Waals surface area (Å²) >= 11 is 4.89. The van der Waals surface area contributed by atoms with Crippen LogP contribution in [0.25, 0.3) is 0 Å². The van der Waals surface area contributed by atoms with Crippen molar-refractivity contribution in [1.29, 1.82) is 5.26 Å². The van der Waals surface area contributed by atoms with Gasteiger partial charge in [-0.3, -0.25) is 5.10 Å². The number of hydrogen-bond acceptors (Lipinski definition) is 5. The monoisotopic (exact) mass is 311 g/mol. The standard InChI is InChI=1S/C10H10BrN5S/c1-2-6-4-13-8(17-6)5-14-10-7(3-12)9(11)15-16-10/h4H,2,5H2,1H3,(H2,14,15,16). The zero-order valence-electron chi connectivity index (χ0n) is 9.12. The number of thiazole rings is 1. The Balaban J connectivity index is 2.05. The zero-order valence-corrected chi connectivity index (χ0v) is 11.5. The van der Waals surface area contributed by atoms with E-state index >= 15 is 0 Å². The molecule has 2 aromatic rings. The van der Waals surface area contributed by atoms with Gasteiger partial charge >= 0.3 is 0 Å². The number of aromatic nitrogens is 3. The normalized spacial score (nSPS) is 10.2. The lowest BCUT2D eigenvalue weighted by Crippen LogP contribution is -2.00. The van der Waals surface area contributed by atoms with Gasteiger partial charge in [-0.1, -0.05) is 6.92 Å². The van der Waals surface area contributed by atoms with Crippen molar-refractivity contribution in [2.45, 2.75) is 19.9 Å². The molecular formula is C10H10BrN5S. The Kier molecular flexibility index (Phi) is 3.76. The van der Waals surface area contributed by atoms with Crippen molar-refractivity contribution >= 4 is 33.1 Å². The molecule has 0 aliphatic carbocycles. The molecule has 0 saturated carbocycles. The van der Waals surface area contributed by atoms with Gasteiger partial charge in [-0.25, -0.2) is 4.98 Å². The quantitative estimate of drug-likeness (QED) is 0.910. The van der Waals surface area contributed by atoms with Crippen LogP contribution in [0.1, 0.15) is 22.4 Å². The highest BCUT2D eigenvalue weighted by molar-refractivity contribution is 9.10. The summed E-state index contributed by atoms with van der Waals surface area (Å²) in [5, 5.41) is 19.7. The second kappa shape index (κ2) is 5.29. The van der Waals surface area contributed by atoms with Crippen LogP contribution in [0.3, 0.4) is 0 Å². The first kappa shape index (κ1) is 12.1. The van der Waals surface area contributed by atoms with Gasteiger partial charge in [0.25, 0.3) is 0 Å². The minimum absolute atomic E-state index is 0.484. The molecule has 0 bridgehead atoms. The molecule has 0 amide bonds. The smallest absolute Gasteiger partial charge is 0.167 e. The summed E-state index contributed by atoms with van der Waals surface area (Å²) in [5.41, 5.74) is 0.484. The molecule has 0 aliphatic rings. The first-order valence-electron chi connectivity index (χ1n) is 5.06. The van der Waals surface area contributed by atoms with Gasteiger partial charge in [-0.15, -0.1) is 11.3 Å². The van der Waals surface area contributed by atoms with Crippen LogP contribution in [0.4, 0.5) is 5.82 Å². The summed E-state index contributed by atoms with van der Waals surface area (Å²) in [6.07, 6.45) is 2.88. The molecule has 2 heterocycles. The van der Waals surface area contributed by atoms with Crippen LogP contribution in [0.2, 0.25) is 0 Å². The number of nitriles is 1. The van der Waals surface area contributed by atoms with Gasteiger partial charge < -0.3 is 5.32 Å². The summed E-state index contributed by atoms with van der Waals surface area (Å²) in [6.45, 7) is 2.68. The molecule has 17 heavy (non-hydrogen) atoms. The molecule has 0 unspecified atom stereocenters. The Morgan fingerprint density at radius 1 is 1.65 bits per heavy atom. The van der Waals surface area contributed by atoms with Crippen LogP contribution in [0, 0.1) is 11.3 Å². The fourth-order valence-corrected chi connectivity index (χ4v) is 2.47. The first-order chi connectivity index (χ1) is 8.24. The van der Waals surface area contributed by atoms with E-state index in [1.54, 1.807) is 11.3 Å². The van der Waals surface area contributed by atoms with Gasteiger partial charge in [0.2, 0.25) is 0 Å². The molecule has 88 valence electrons. The number of H-pyrrole nitrogens is 1. The number of anilines is 1. The number of aryl methyl sites for hydroxylation is 1. The number of rotatable bonds is 4. The Morgan fingerprint density at radius 2 is 2.47 bits per heavy atom. The van der Waals surface area contributed by atoms with Crippen LogP contribution < -0.4 is 5.32 Å². The molecule has 2 aromatic heterocycles. The molecule has 0 fully saturated rings. The molecule has 2 N–H and O–H groups in total. The van der Waals surface area contributed by atoms with Gasteiger partial charge in [0, 0.05) is 11.1 Å². The third-order valence-electron chi connectivity index (χ3n) is 2.19. The molecular weight excluding hydrogens is 302 g/mol. The summed E-state index contributed by atoms with van der Waals surface area (Å²) < 4.78 is 0.593. The Morgan fingerprint density at radius 3 is 3.12 bits per heavy atom. The van der Waals surface area contributed by atoms with Crippen molar-refractivity contribution < 1.29 is 0 Å². The lowest BCUT2D eigenvalue weighted by Gasteiger charge is -1.99. The molecule has 2 rings (SSSR count). The number of halogens is 1. The fraction of sp³-hybridized carbons (Fsp3) is 0.300. The molecule has 0 aliphatic heterocycles. The van der Waals surface area contributed by atoms with Crippen LogP contribution >= 0.6 is 27.3 Å². The largest absolute Gasteiger partial charge is 0.361 e. The third kappa shape index (κ3) is 2.65. The van der Waals surface area contributed by atoms with E-state index < -0.39 is 0 Å². The van der Waals surface area contributed by atoms with Gasteiger partial charge in [-0.05, 0) is 22.4 Å². The van der Waals surface area contributed by atoms with E-state index in [4.69, 9.17) is 5.26 Å². The lowest BCUT2D eigenvalue weighted by molar-refractivity contribution is 1.03. The van der Waals surface area contributed by atoms with E-state index in [0.717, 1.165) is 11.4 Å². The fourth-order valence-electron chi connectivity index (χ4n) is 1.30. The molecule has 0 atom stereocenters. The van der Waals surface area contributed by atoms with Gasteiger partial charge in [0.15, 0.2) is 5.82 Å². The van der Waals surface area contributed by atoms with Crippen molar-refractivity contribution in [3.05, 3.63) is 26.2 Å². The maximum Gasteiger partial charge on any atom is 0.167 e. The van der Waals surface area contributed by atoms with Crippen LogP contribution in [-0.2, 0) is 13.0 Å². The van der Waals surface area contributed by atoms with E-state index in [0.29, 0.717) is 22.5 Å². The van der Waals surface area contributed by atoms with Gasteiger partial charge in [-0.2, -0.15) is 10.4 Å².